The van der Waals surface area contributed by atoms with Crippen molar-refractivity contribution >= 4 is 22.5 Å². The van der Waals surface area contributed by atoms with E-state index in [0.717, 1.165) is 5.39 Å². The van der Waals surface area contributed by atoms with Crippen LogP contribution in [0.25, 0.3) is 27.6 Å². The Morgan fingerprint density at radius 2 is 1.82 bits per heavy atom. The minimum Gasteiger partial charge on any atom is -0.491 e. The molecule has 194 valence electrons. The molecule has 5 aromatic rings. The normalized spacial score (nSPS) is 11.5. The number of hydrogen-bond acceptors (Lipinski definition) is 9. The first kappa shape index (κ1) is 25.2. The lowest BCUT2D eigenvalue weighted by Crippen LogP contribution is -2.26. The summed E-state index contributed by atoms with van der Waals surface area (Å²) in [4.78, 5) is 26.8. The van der Waals surface area contributed by atoms with Gasteiger partial charge in [0.25, 0.3) is 11.4 Å². The van der Waals surface area contributed by atoms with Crippen molar-refractivity contribution in [3.8, 4) is 34.5 Å². The molecular weight excluding hydrogens is 494 g/mol. The van der Waals surface area contributed by atoms with E-state index < -0.39 is 6.04 Å². The number of nitrogen functional groups attached to an aromatic ring is 1. The Hall–Kier alpha value is -5.43. The predicted octanol–water partition coefficient (Wildman–Crippen LogP) is 4.49. The van der Waals surface area contributed by atoms with Gasteiger partial charge in [0.15, 0.2) is 5.75 Å². The molecule has 0 amide bonds. The first-order chi connectivity index (χ1) is 18.9. The highest BCUT2D eigenvalue weighted by Crippen LogP contribution is 2.34. The van der Waals surface area contributed by atoms with E-state index in [1.54, 1.807) is 23.9 Å². The molecule has 0 fully saturated rings. The SMILES string of the molecule is COc1cc(-c2cccc3cc([C@H](C)Nc4nc(N)ncc4C#N)n(-c4ccccc4)c(=O)c23)cnc1OC. The predicted molar refractivity (Wildman–Crippen MR) is 149 cm³/mol. The van der Waals surface area contributed by atoms with Gasteiger partial charge in [0, 0.05) is 23.1 Å². The van der Waals surface area contributed by atoms with Crippen molar-refractivity contribution < 1.29 is 9.47 Å². The van der Waals surface area contributed by atoms with Gasteiger partial charge in [-0.25, -0.2) is 9.97 Å². The number of benzene rings is 2. The van der Waals surface area contributed by atoms with Crippen LogP contribution in [0.2, 0.25) is 0 Å². The van der Waals surface area contributed by atoms with Crippen molar-refractivity contribution in [2.45, 2.75) is 13.0 Å². The number of aromatic nitrogens is 4. The van der Waals surface area contributed by atoms with Gasteiger partial charge < -0.3 is 20.5 Å². The summed E-state index contributed by atoms with van der Waals surface area (Å²) in [5.74, 6) is 1.14. The van der Waals surface area contributed by atoms with Gasteiger partial charge in [0.2, 0.25) is 5.95 Å². The van der Waals surface area contributed by atoms with Crippen molar-refractivity contribution in [3.63, 3.8) is 0 Å². The number of rotatable bonds is 7. The minimum atomic E-state index is -0.435. The highest BCUT2D eigenvalue weighted by Gasteiger charge is 2.21. The van der Waals surface area contributed by atoms with Crippen LogP contribution in [0.3, 0.4) is 0 Å². The summed E-state index contributed by atoms with van der Waals surface area (Å²) >= 11 is 0. The lowest BCUT2D eigenvalue weighted by Gasteiger charge is -2.22. The van der Waals surface area contributed by atoms with Gasteiger partial charge in [-0.05, 0) is 42.1 Å². The Balaban J connectivity index is 1.74. The van der Waals surface area contributed by atoms with E-state index in [1.807, 2.05) is 61.5 Å². The van der Waals surface area contributed by atoms with Crippen molar-refractivity contribution in [2.24, 2.45) is 0 Å². The van der Waals surface area contributed by atoms with E-state index in [1.165, 1.54) is 13.3 Å². The fraction of sp³-hybridized carbons (Fsp3) is 0.138. The number of fused-ring (bicyclic) bond motifs is 1. The molecule has 0 radical (unpaired) electrons. The van der Waals surface area contributed by atoms with Crippen LogP contribution >= 0.6 is 0 Å². The Labute approximate surface area is 224 Å². The number of nitrogens with zero attached hydrogens (tertiary/aromatic N) is 5. The van der Waals surface area contributed by atoms with E-state index in [-0.39, 0.29) is 22.9 Å². The van der Waals surface area contributed by atoms with Gasteiger partial charge in [-0.2, -0.15) is 10.2 Å². The van der Waals surface area contributed by atoms with Crippen LogP contribution in [-0.2, 0) is 0 Å². The smallest absolute Gasteiger partial charge is 0.263 e. The zero-order chi connectivity index (χ0) is 27.5. The largest absolute Gasteiger partial charge is 0.491 e. The topological polar surface area (TPSA) is 141 Å². The molecule has 2 aromatic carbocycles. The van der Waals surface area contributed by atoms with E-state index in [0.29, 0.717) is 39.5 Å². The molecule has 5 rings (SSSR count). The Morgan fingerprint density at radius 3 is 2.54 bits per heavy atom. The molecule has 3 aromatic heterocycles. The Morgan fingerprint density at radius 1 is 1.03 bits per heavy atom. The molecule has 39 heavy (non-hydrogen) atoms. The summed E-state index contributed by atoms with van der Waals surface area (Å²) in [5.41, 5.74) is 8.59. The van der Waals surface area contributed by atoms with E-state index in [4.69, 9.17) is 15.2 Å². The summed E-state index contributed by atoms with van der Waals surface area (Å²) < 4.78 is 12.4. The molecule has 0 aliphatic rings. The molecule has 0 bridgehead atoms. The van der Waals surface area contributed by atoms with Crippen LogP contribution in [-0.4, -0.2) is 33.7 Å². The molecule has 3 heterocycles. The van der Waals surface area contributed by atoms with Crippen molar-refractivity contribution in [2.75, 3.05) is 25.3 Å². The number of methoxy groups -OCH3 is 2. The molecule has 0 saturated heterocycles. The zero-order valence-electron chi connectivity index (χ0n) is 21.5. The molecule has 0 aliphatic carbocycles. The number of nitriles is 1. The Bertz CT molecular complexity index is 1780. The third kappa shape index (κ3) is 4.69. The molecule has 10 nitrogen and oxygen atoms in total. The fourth-order valence-electron chi connectivity index (χ4n) is 4.53. The van der Waals surface area contributed by atoms with E-state index >= 15 is 0 Å². The summed E-state index contributed by atoms with van der Waals surface area (Å²) in [6.07, 6.45) is 3.02. The summed E-state index contributed by atoms with van der Waals surface area (Å²) in [6, 6.07) is 20.4. The second-order valence-electron chi connectivity index (χ2n) is 8.72. The maximum Gasteiger partial charge on any atom is 0.263 e. The number of ether oxygens (including phenoxy) is 2. The van der Waals surface area contributed by atoms with Crippen LogP contribution in [0.15, 0.2) is 77.9 Å². The second-order valence-corrected chi connectivity index (χ2v) is 8.72. The molecule has 1 atom stereocenters. The standard InChI is InChI=1S/C29H25N7O3/c1-17(34-26-20(14-30)16-33-29(31)35-26)23-12-18-8-7-11-22(19-13-24(38-2)27(39-3)32-15-19)25(18)28(37)36(23)21-9-5-4-6-10-21/h4-13,15-17H,1-3H3,(H3,31,33,34,35)/t17-/m0/s1. The first-order valence-corrected chi connectivity index (χ1v) is 12.1. The van der Waals surface area contributed by atoms with E-state index in [2.05, 4.69) is 26.3 Å². The maximum absolute atomic E-state index is 14.3. The van der Waals surface area contributed by atoms with Crippen LogP contribution in [0.1, 0.15) is 24.2 Å². The first-order valence-electron chi connectivity index (χ1n) is 12.1. The van der Waals surface area contributed by atoms with Gasteiger partial charge in [0.1, 0.15) is 17.5 Å². The van der Waals surface area contributed by atoms with Gasteiger partial charge in [-0.3, -0.25) is 9.36 Å². The quantitative estimate of drug-likeness (QED) is 0.318. The van der Waals surface area contributed by atoms with Crippen molar-refractivity contribution in [1.82, 2.24) is 19.5 Å². The molecule has 0 saturated carbocycles. The lowest BCUT2D eigenvalue weighted by molar-refractivity contribution is 0.343. The molecule has 3 N–H and O–H groups in total. The third-order valence-corrected chi connectivity index (χ3v) is 6.36. The highest BCUT2D eigenvalue weighted by atomic mass is 16.5. The van der Waals surface area contributed by atoms with Crippen LogP contribution in [0.4, 0.5) is 11.8 Å². The van der Waals surface area contributed by atoms with Gasteiger partial charge in [0.05, 0.1) is 31.8 Å². The van der Waals surface area contributed by atoms with Crippen LogP contribution in [0, 0.1) is 11.3 Å². The molecule has 0 unspecified atom stereocenters. The summed E-state index contributed by atoms with van der Waals surface area (Å²) in [7, 11) is 3.06. The van der Waals surface area contributed by atoms with Crippen LogP contribution in [0.5, 0.6) is 11.6 Å². The molecule has 10 heteroatoms. The average Bonchev–Trinajstić information content (AvgIpc) is 2.96. The van der Waals surface area contributed by atoms with Gasteiger partial charge in [-0.1, -0.05) is 36.4 Å². The van der Waals surface area contributed by atoms with Gasteiger partial charge >= 0.3 is 0 Å². The summed E-state index contributed by atoms with van der Waals surface area (Å²) in [5, 5.41) is 14.0. The number of para-hydroxylation sites is 1. The van der Waals surface area contributed by atoms with Crippen molar-refractivity contribution in [1.29, 1.82) is 5.26 Å². The molecule has 0 aliphatic heterocycles. The summed E-state index contributed by atoms with van der Waals surface area (Å²) in [6.45, 7) is 1.89. The fourth-order valence-corrected chi connectivity index (χ4v) is 4.53. The molecule has 0 spiro atoms. The molecular formula is C29H25N7O3. The minimum absolute atomic E-state index is 0.0378. The number of hydrogen-bond donors (Lipinski definition) is 2. The van der Waals surface area contributed by atoms with Gasteiger partial charge in [-0.15, -0.1) is 0 Å². The van der Waals surface area contributed by atoms with Crippen LogP contribution < -0.4 is 26.1 Å². The monoisotopic (exact) mass is 519 g/mol. The zero-order valence-corrected chi connectivity index (χ0v) is 21.5. The number of pyridine rings is 2. The lowest BCUT2D eigenvalue weighted by atomic mass is 9.98. The van der Waals surface area contributed by atoms with Crippen molar-refractivity contribution in [3.05, 3.63) is 94.7 Å². The Kier molecular flexibility index (Phi) is 6.80. The maximum atomic E-state index is 14.3. The second kappa shape index (κ2) is 10.5. The van der Waals surface area contributed by atoms with E-state index in [9.17, 15) is 10.1 Å². The number of nitrogens with two attached hydrogens (primary N) is 1. The highest BCUT2D eigenvalue weighted by molar-refractivity contribution is 5.96. The number of nitrogens with one attached hydrogen (secondary N) is 1. The third-order valence-electron chi connectivity index (χ3n) is 6.36. The average molecular weight is 520 g/mol. The number of anilines is 2.